The van der Waals surface area contributed by atoms with E-state index in [1.54, 1.807) is 36.4 Å². The number of hydrogen-bond acceptors (Lipinski definition) is 6. The van der Waals surface area contributed by atoms with Crippen molar-refractivity contribution in [3.63, 3.8) is 0 Å². The molecular weight excluding hydrogens is 359 g/mol. The fourth-order valence-electron chi connectivity index (χ4n) is 2.22. The van der Waals surface area contributed by atoms with Crippen LogP contribution < -0.4 is 10.1 Å². The van der Waals surface area contributed by atoms with Gasteiger partial charge in [-0.25, -0.2) is 4.39 Å². The van der Waals surface area contributed by atoms with Gasteiger partial charge in [-0.15, -0.1) is 0 Å². The van der Waals surface area contributed by atoms with Gasteiger partial charge in [0, 0.05) is 5.56 Å². The average Bonchev–Trinajstić information content (AvgIpc) is 2.94. The van der Waals surface area contributed by atoms with E-state index in [1.807, 2.05) is 0 Å². The van der Waals surface area contributed by atoms with Gasteiger partial charge in [0.2, 0.25) is 0 Å². The summed E-state index contributed by atoms with van der Waals surface area (Å²) in [5, 5.41) is 14.1. The minimum absolute atomic E-state index is 0.0485. The Morgan fingerprint density at radius 1 is 1.23 bits per heavy atom. The molecule has 2 amide bonds. The molecule has 3 rings (SSSR count). The number of nitrogens with zero attached hydrogens (tertiary/aromatic N) is 1. The van der Waals surface area contributed by atoms with Crippen LogP contribution in [-0.4, -0.2) is 28.7 Å². The van der Waals surface area contributed by atoms with Crippen molar-refractivity contribution >= 4 is 34.7 Å². The van der Waals surface area contributed by atoms with Crippen LogP contribution in [0.3, 0.4) is 0 Å². The van der Waals surface area contributed by atoms with Gasteiger partial charge in [0.15, 0.2) is 0 Å². The summed E-state index contributed by atoms with van der Waals surface area (Å²) in [7, 11) is 0. The average molecular weight is 372 g/mol. The number of thioether (sulfide) groups is 1. The van der Waals surface area contributed by atoms with Gasteiger partial charge < -0.3 is 9.94 Å². The number of oxime groups is 1. The zero-order valence-corrected chi connectivity index (χ0v) is 14.1. The van der Waals surface area contributed by atoms with E-state index in [1.165, 1.54) is 18.2 Å². The number of imide groups is 1. The Balaban J connectivity index is 1.65. The summed E-state index contributed by atoms with van der Waals surface area (Å²) in [5.74, 6) is -0.350. The molecule has 1 fully saturated rings. The maximum Gasteiger partial charge on any atom is 0.290 e. The van der Waals surface area contributed by atoms with Crippen molar-refractivity contribution in [3.8, 4) is 5.75 Å². The summed E-state index contributed by atoms with van der Waals surface area (Å²) >= 11 is 0.845. The number of hydrogen-bond donors (Lipinski definition) is 2. The Labute approximate surface area is 152 Å². The number of halogens is 1. The van der Waals surface area contributed by atoms with E-state index in [9.17, 15) is 14.0 Å². The SMILES string of the molecule is O=C1NC(=O)/C(=C/c2ccc(OC/C(=N\O)c3cccc(F)c3)cc2)S1. The van der Waals surface area contributed by atoms with E-state index in [-0.39, 0.29) is 12.3 Å². The number of rotatable bonds is 5. The highest BCUT2D eigenvalue weighted by atomic mass is 32.2. The summed E-state index contributed by atoms with van der Waals surface area (Å²) in [6.07, 6.45) is 1.60. The summed E-state index contributed by atoms with van der Waals surface area (Å²) < 4.78 is 18.8. The van der Waals surface area contributed by atoms with Crippen LogP contribution in [0, 0.1) is 5.82 Å². The highest BCUT2D eigenvalue weighted by Gasteiger charge is 2.24. The molecule has 1 aliphatic rings. The van der Waals surface area contributed by atoms with Gasteiger partial charge in [0.25, 0.3) is 11.1 Å². The van der Waals surface area contributed by atoms with Crippen LogP contribution in [0.25, 0.3) is 6.08 Å². The zero-order chi connectivity index (χ0) is 18.5. The van der Waals surface area contributed by atoms with Gasteiger partial charge in [0.05, 0.1) is 4.91 Å². The topological polar surface area (TPSA) is 88.0 Å². The predicted octanol–water partition coefficient (Wildman–Crippen LogP) is 3.41. The van der Waals surface area contributed by atoms with Crippen LogP contribution in [-0.2, 0) is 4.79 Å². The molecule has 26 heavy (non-hydrogen) atoms. The second kappa shape index (κ2) is 7.83. The quantitative estimate of drug-likeness (QED) is 0.363. The fraction of sp³-hybridized carbons (Fsp3) is 0.0556. The largest absolute Gasteiger partial charge is 0.487 e. The smallest absolute Gasteiger partial charge is 0.290 e. The predicted molar refractivity (Wildman–Crippen MR) is 95.8 cm³/mol. The number of carbonyl (C=O) groups excluding carboxylic acids is 2. The Morgan fingerprint density at radius 3 is 2.62 bits per heavy atom. The van der Waals surface area contributed by atoms with Crippen LogP contribution >= 0.6 is 11.8 Å². The van der Waals surface area contributed by atoms with Gasteiger partial charge in [-0.05, 0) is 47.7 Å². The summed E-state index contributed by atoms with van der Waals surface area (Å²) in [6, 6.07) is 12.5. The van der Waals surface area contributed by atoms with Crippen LogP contribution in [0.5, 0.6) is 5.75 Å². The zero-order valence-electron chi connectivity index (χ0n) is 13.3. The van der Waals surface area contributed by atoms with Crippen molar-refractivity contribution in [1.29, 1.82) is 0 Å². The van der Waals surface area contributed by atoms with Crippen molar-refractivity contribution < 1.29 is 23.9 Å². The standard InChI is InChI=1S/C18H13FN2O4S/c19-13-3-1-2-12(9-13)15(21-24)10-25-14-6-4-11(5-7-14)8-16-17(22)20-18(23)26-16/h1-9,24H,10H2,(H,20,22,23)/b16-8-,21-15+. The number of benzene rings is 2. The Kier molecular flexibility index (Phi) is 5.33. The summed E-state index contributed by atoms with van der Waals surface area (Å²) in [4.78, 5) is 23.0. The molecule has 0 spiro atoms. The minimum Gasteiger partial charge on any atom is -0.487 e. The molecule has 1 aliphatic heterocycles. The maximum absolute atomic E-state index is 13.3. The molecule has 1 saturated heterocycles. The lowest BCUT2D eigenvalue weighted by atomic mass is 10.1. The molecule has 0 aliphatic carbocycles. The van der Waals surface area contributed by atoms with Crippen molar-refractivity contribution in [3.05, 3.63) is 70.4 Å². The Morgan fingerprint density at radius 2 is 2.00 bits per heavy atom. The van der Waals surface area contributed by atoms with E-state index in [0.29, 0.717) is 16.2 Å². The number of carbonyl (C=O) groups is 2. The third kappa shape index (κ3) is 4.28. The highest BCUT2D eigenvalue weighted by Crippen LogP contribution is 2.26. The number of ether oxygens (including phenoxy) is 1. The molecule has 6 nitrogen and oxygen atoms in total. The molecule has 132 valence electrons. The van der Waals surface area contributed by atoms with Gasteiger partial charge in [-0.1, -0.05) is 29.4 Å². The van der Waals surface area contributed by atoms with Crippen LogP contribution in [0.4, 0.5) is 9.18 Å². The molecule has 2 N–H and O–H groups in total. The van der Waals surface area contributed by atoms with E-state index >= 15 is 0 Å². The van der Waals surface area contributed by atoms with Gasteiger partial charge >= 0.3 is 0 Å². The lowest BCUT2D eigenvalue weighted by Gasteiger charge is -2.08. The Hall–Kier alpha value is -3.13. The summed E-state index contributed by atoms with van der Waals surface area (Å²) in [6.45, 7) is -0.0485. The molecule has 2 aromatic carbocycles. The molecule has 2 aromatic rings. The molecule has 0 aromatic heterocycles. The van der Waals surface area contributed by atoms with E-state index in [4.69, 9.17) is 9.94 Å². The number of amides is 2. The third-order valence-corrected chi connectivity index (χ3v) is 4.28. The first-order chi connectivity index (χ1) is 12.5. The molecule has 0 radical (unpaired) electrons. The summed E-state index contributed by atoms with van der Waals surface area (Å²) in [5.41, 5.74) is 1.34. The molecule has 0 atom stereocenters. The highest BCUT2D eigenvalue weighted by molar-refractivity contribution is 8.18. The van der Waals surface area contributed by atoms with Crippen molar-refractivity contribution in [2.45, 2.75) is 0 Å². The third-order valence-electron chi connectivity index (χ3n) is 3.47. The molecule has 8 heteroatoms. The molecular formula is C18H13FN2O4S. The van der Waals surface area contributed by atoms with Gasteiger partial charge in [0.1, 0.15) is 23.9 Å². The van der Waals surface area contributed by atoms with Crippen molar-refractivity contribution in [2.24, 2.45) is 5.16 Å². The molecule has 0 saturated carbocycles. The van der Waals surface area contributed by atoms with Crippen LogP contribution in [0.2, 0.25) is 0 Å². The lowest BCUT2D eigenvalue weighted by molar-refractivity contribution is -0.115. The van der Waals surface area contributed by atoms with E-state index < -0.39 is 17.0 Å². The monoisotopic (exact) mass is 372 g/mol. The second-order valence-corrected chi connectivity index (χ2v) is 6.28. The first-order valence-electron chi connectivity index (χ1n) is 7.50. The maximum atomic E-state index is 13.3. The first kappa shape index (κ1) is 17.7. The van der Waals surface area contributed by atoms with Crippen molar-refractivity contribution in [1.82, 2.24) is 5.32 Å². The lowest BCUT2D eigenvalue weighted by Crippen LogP contribution is -2.17. The van der Waals surface area contributed by atoms with Crippen LogP contribution in [0.15, 0.2) is 58.6 Å². The van der Waals surface area contributed by atoms with Crippen molar-refractivity contribution in [2.75, 3.05) is 6.61 Å². The molecule has 0 unspecified atom stereocenters. The normalized spacial score (nSPS) is 16.0. The fourth-order valence-corrected chi connectivity index (χ4v) is 2.90. The van der Waals surface area contributed by atoms with Gasteiger partial charge in [-0.2, -0.15) is 0 Å². The molecule has 0 bridgehead atoms. The molecule has 1 heterocycles. The Bertz CT molecular complexity index is 910. The van der Waals surface area contributed by atoms with Crippen LogP contribution in [0.1, 0.15) is 11.1 Å². The first-order valence-corrected chi connectivity index (χ1v) is 8.31. The minimum atomic E-state index is -0.437. The van der Waals surface area contributed by atoms with E-state index in [0.717, 1.165) is 17.3 Å². The second-order valence-electron chi connectivity index (χ2n) is 5.27. The van der Waals surface area contributed by atoms with Gasteiger partial charge in [-0.3, -0.25) is 14.9 Å². The number of nitrogens with one attached hydrogen (secondary N) is 1. The van der Waals surface area contributed by atoms with E-state index in [2.05, 4.69) is 10.5 Å².